The van der Waals surface area contributed by atoms with Crippen LogP contribution in [-0.2, 0) is 19.1 Å². The van der Waals surface area contributed by atoms with Crippen molar-refractivity contribution >= 4 is 29.5 Å². The second-order valence-corrected chi connectivity index (χ2v) is 5.88. The van der Waals surface area contributed by atoms with Crippen LogP contribution in [0.1, 0.15) is 25.0 Å². The summed E-state index contributed by atoms with van der Waals surface area (Å²) in [5.41, 5.74) is 1.55. The number of rotatable bonds is 6. The summed E-state index contributed by atoms with van der Waals surface area (Å²) in [7, 11) is 0. The van der Waals surface area contributed by atoms with E-state index in [1.165, 1.54) is 19.9 Å². The highest BCUT2D eigenvalue weighted by Crippen LogP contribution is 2.11. The van der Waals surface area contributed by atoms with Crippen LogP contribution in [0.2, 0.25) is 0 Å². The van der Waals surface area contributed by atoms with Gasteiger partial charge < -0.3 is 15.4 Å². The first-order valence-corrected chi connectivity index (χ1v) is 8.45. The van der Waals surface area contributed by atoms with Gasteiger partial charge in [-0.15, -0.1) is 0 Å². The van der Waals surface area contributed by atoms with Crippen LogP contribution in [0, 0.1) is 11.3 Å². The average molecular weight is 377 g/mol. The molecule has 0 aliphatic rings. The van der Waals surface area contributed by atoms with Crippen LogP contribution in [0.3, 0.4) is 0 Å². The van der Waals surface area contributed by atoms with Crippen molar-refractivity contribution in [2.75, 3.05) is 5.32 Å². The normalized spacial score (nSPS) is 11.7. The summed E-state index contributed by atoms with van der Waals surface area (Å²) in [5, 5.41) is 13.8. The van der Waals surface area contributed by atoms with Crippen LogP contribution < -0.4 is 10.6 Å². The number of nitrogens with one attached hydrogen (secondary N) is 2. The summed E-state index contributed by atoms with van der Waals surface area (Å²) in [6, 6.07) is 17.2. The predicted molar refractivity (Wildman–Crippen MR) is 104 cm³/mol. The molecule has 28 heavy (non-hydrogen) atoms. The number of hydrogen-bond acceptors (Lipinski definition) is 5. The van der Waals surface area contributed by atoms with Gasteiger partial charge in [0.2, 0.25) is 5.91 Å². The third-order valence-electron chi connectivity index (χ3n) is 3.58. The Labute approximate surface area is 162 Å². The fourth-order valence-corrected chi connectivity index (χ4v) is 2.20. The molecule has 0 unspecified atom stereocenters. The molecule has 2 aromatic rings. The fraction of sp³-hybridized carbons (Fsp3) is 0.143. The molecule has 7 heteroatoms. The van der Waals surface area contributed by atoms with Crippen LogP contribution in [0.15, 0.2) is 60.3 Å². The SMILES string of the molecule is CC(=O)N/C(=C\c1ccccc1)C(=O)O[C@@H](C)C(=O)Nc1ccc(C#N)cc1. The molecular weight excluding hydrogens is 358 g/mol. The molecule has 0 aromatic heterocycles. The number of amides is 2. The Morgan fingerprint density at radius 2 is 1.71 bits per heavy atom. The van der Waals surface area contributed by atoms with E-state index in [9.17, 15) is 14.4 Å². The molecule has 0 heterocycles. The molecule has 2 rings (SSSR count). The van der Waals surface area contributed by atoms with Gasteiger partial charge in [0.15, 0.2) is 6.10 Å². The second kappa shape index (κ2) is 9.69. The summed E-state index contributed by atoms with van der Waals surface area (Å²) >= 11 is 0. The number of hydrogen-bond donors (Lipinski definition) is 2. The summed E-state index contributed by atoms with van der Waals surface area (Å²) in [4.78, 5) is 36.1. The van der Waals surface area contributed by atoms with Crippen LogP contribution in [0.4, 0.5) is 5.69 Å². The van der Waals surface area contributed by atoms with Gasteiger partial charge in [-0.3, -0.25) is 9.59 Å². The second-order valence-electron chi connectivity index (χ2n) is 5.88. The lowest BCUT2D eigenvalue weighted by Crippen LogP contribution is -2.33. The zero-order valence-corrected chi connectivity index (χ0v) is 15.4. The number of anilines is 1. The summed E-state index contributed by atoms with van der Waals surface area (Å²) in [5.74, 6) is -1.81. The highest BCUT2D eigenvalue weighted by molar-refractivity contribution is 6.00. The first-order chi connectivity index (χ1) is 13.4. The Bertz CT molecular complexity index is 928. The Hall–Kier alpha value is -3.92. The van der Waals surface area contributed by atoms with E-state index in [2.05, 4.69) is 10.6 Å². The molecule has 2 amide bonds. The quantitative estimate of drug-likeness (QED) is 0.594. The Balaban J connectivity index is 2.06. The molecule has 0 aliphatic carbocycles. The van der Waals surface area contributed by atoms with Gasteiger partial charge in [0.1, 0.15) is 5.70 Å². The maximum absolute atomic E-state index is 12.4. The van der Waals surface area contributed by atoms with Crippen molar-refractivity contribution in [3.05, 3.63) is 71.4 Å². The largest absolute Gasteiger partial charge is 0.448 e. The van der Waals surface area contributed by atoms with Crippen molar-refractivity contribution in [1.29, 1.82) is 5.26 Å². The molecular formula is C21H19N3O4. The lowest BCUT2D eigenvalue weighted by atomic mass is 10.2. The highest BCUT2D eigenvalue weighted by Gasteiger charge is 2.21. The molecule has 142 valence electrons. The van der Waals surface area contributed by atoms with Crippen molar-refractivity contribution in [2.45, 2.75) is 20.0 Å². The van der Waals surface area contributed by atoms with E-state index in [1.807, 2.05) is 12.1 Å². The predicted octanol–water partition coefficient (Wildman–Crippen LogP) is 2.61. The van der Waals surface area contributed by atoms with E-state index < -0.39 is 23.9 Å². The molecule has 0 fully saturated rings. The van der Waals surface area contributed by atoms with Crippen LogP contribution >= 0.6 is 0 Å². The molecule has 2 N–H and O–H groups in total. The van der Waals surface area contributed by atoms with Gasteiger partial charge in [-0.2, -0.15) is 5.26 Å². The Kier molecular flexibility index (Phi) is 7.06. The minimum absolute atomic E-state index is 0.0725. The number of carbonyl (C=O) groups excluding carboxylic acids is 3. The van der Waals surface area contributed by atoms with Gasteiger partial charge in [-0.1, -0.05) is 30.3 Å². The van der Waals surface area contributed by atoms with E-state index >= 15 is 0 Å². The molecule has 1 atom stereocenters. The van der Waals surface area contributed by atoms with E-state index in [1.54, 1.807) is 48.5 Å². The topological polar surface area (TPSA) is 108 Å². The third kappa shape index (κ3) is 6.11. The minimum atomic E-state index is -1.10. The number of benzene rings is 2. The third-order valence-corrected chi connectivity index (χ3v) is 3.58. The van der Waals surface area contributed by atoms with Gasteiger partial charge in [0.25, 0.3) is 5.91 Å². The minimum Gasteiger partial charge on any atom is -0.448 e. The standard InChI is InChI=1S/C21H19N3O4/c1-14(20(26)24-18-10-8-17(13-22)9-11-18)28-21(27)19(23-15(2)25)12-16-6-4-3-5-7-16/h3-12,14H,1-2H3,(H,23,25)(H,24,26)/b19-12-/t14-/m0/s1. The maximum atomic E-state index is 12.4. The first-order valence-electron chi connectivity index (χ1n) is 8.45. The van der Waals surface area contributed by atoms with Crippen molar-refractivity contribution in [3.8, 4) is 6.07 Å². The number of esters is 1. The molecule has 2 aromatic carbocycles. The van der Waals surface area contributed by atoms with Crippen LogP contribution in [0.5, 0.6) is 0 Å². The molecule has 0 radical (unpaired) electrons. The van der Waals surface area contributed by atoms with Crippen molar-refractivity contribution in [3.63, 3.8) is 0 Å². The monoisotopic (exact) mass is 377 g/mol. The zero-order chi connectivity index (χ0) is 20.5. The van der Waals surface area contributed by atoms with Crippen molar-refractivity contribution in [2.24, 2.45) is 0 Å². The smallest absolute Gasteiger partial charge is 0.355 e. The van der Waals surface area contributed by atoms with Crippen LogP contribution in [-0.4, -0.2) is 23.9 Å². The van der Waals surface area contributed by atoms with Crippen LogP contribution in [0.25, 0.3) is 6.08 Å². The summed E-state index contributed by atoms with van der Waals surface area (Å²) in [6.07, 6.45) is 0.366. The first kappa shape index (κ1) is 20.4. The lowest BCUT2D eigenvalue weighted by molar-refractivity contribution is -0.149. The fourth-order valence-electron chi connectivity index (χ4n) is 2.20. The summed E-state index contributed by atoms with van der Waals surface area (Å²) in [6.45, 7) is 2.69. The number of nitriles is 1. The van der Waals surface area contributed by atoms with E-state index in [0.29, 0.717) is 16.8 Å². The molecule has 0 bridgehead atoms. The Morgan fingerprint density at radius 3 is 2.29 bits per heavy atom. The Morgan fingerprint density at radius 1 is 1.07 bits per heavy atom. The number of nitrogens with zero attached hydrogens (tertiary/aromatic N) is 1. The van der Waals surface area contributed by atoms with Gasteiger partial charge in [-0.25, -0.2) is 4.79 Å². The van der Waals surface area contributed by atoms with Crippen molar-refractivity contribution < 1.29 is 19.1 Å². The molecule has 7 nitrogen and oxygen atoms in total. The maximum Gasteiger partial charge on any atom is 0.355 e. The lowest BCUT2D eigenvalue weighted by Gasteiger charge is -2.15. The zero-order valence-electron chi connectivity index (χ0n) is 15.4. The van der Waals surface area contributed by atoms with Crippen molar-refractivity contribution in [1.82, 2.24) is 5.32 Å². The van der Waals surface area contributed by atoms with Gasteiger partial charge in [0, 0.05) is 12.6 Å². The van der Waals surface area contributed by atoms with E-state index in [4.69, 9.17) is 10.00 Å². The molecule has 0 saturated carbocycles. The van der Waals surface area contributed by atoms with Gasteiger partial charge in [-0.05, 0) is 42.8 Å². The average Bonchev–Trinajstić information content (AvgIpc) is 2.68. The van der Waals surface area contributed by atoms with E-state index in [0.717, 1.165) is 0 Å². The summed E-state index contributed by atoms with van der Waals surface area (Å²) < 4.78 is 5.18. The molecule has 0 spiro atoms. The molecule has 0 aliphatic heterocycles. The van der Waals surface area contributed by atoms with E-state index in [-0.39, 0.29) is 5.70 Å². The number of ether oxygens (including phenoxy) is 1. The number of carbonyl (C=O) groups is 3. The van der Waals surface area contributed by atoms with Gasteiger partial charge >= 0.3 is 5.97 Å². The van der Waals surface area contributed by atoms with Gasteiger partial charge in [0.05, 0.1) is 11.6 Å². The highest BCUT2D eigenvalue weighted by atomic mass is 16.5. The molecule has 0 saturated heterocycles.